The quantitative estimate of drug-likeness (QED) is 0.830. The monoisotopic (exact) mass is 314 g/mol. The van der Waals surface area contributed by atoms with Crippen LogP contribution in [-0.2, 0) is 16.1 Å². The van der Waals surface area contributed by atoms with Gasteiger partial charge in [0.15, 0.2) is 6.10 Å². The van der Waals surface area contributed by atoms with Gasteiger partial charge in [-0.15, -0.1) is 0 Å². The van der Waals surface area contributed by atoms with E-state index in [9.17, 15) is 14.0 Å². The van der Waals surface area contributed by atoms with Crippen molar-refractivity contribution >= 4 is 17.5 Å². The minimum absolute atomic E-state index is 0.122. The molecule has 0 aliphatic carbocycles. The van der Waals surface area contributed by atoms with Crippen LogP contribution in [0.5, 0.6) is 0 Å². The molecule has 1 heterocycles. The van der Waals surface area contributed by atoms with E-state index in [1.165, 1.54) is 24.3 Å². The highest BCUT2D eigenvalue weighted by Gasteiger charge is 2.30. The Bertz CT molecular complexity index is 710. The van der Waals surface area contributed by atoms with Crippen molar-refractivity contribution in [1.82, 2.24) is 5.32 Å². The van der Waals surface area contributed by atoms with E-state index in [0.717, 1.165) is 5.56 Å². The summed E-state index contributed by atoms with van der Waals surface area (Å²) in [7, 11) is 0. The van der Waals surface area contributed by atoms with Gasteiger partial charge in [0.1, 0.15) is 5.82 Å². The molecule has 23 heavy (non-hydrogen) atoms. The lowest BCUT2D eigenvalue weighted by molar-refractivity contribution is -0.122. The van der Waals surface area contributed by atoms with Crippen molar-refractivity contribution in [1.29, 1.82) is 0 Å². The molecule has 2 N–H and O–H groups in total. The van der Waals surface area contributed by atoms with Crippen molar-refractivity contribution in [2.75, 3.05) is 11.9 Å². The molecular formula is C17H15FN2O3. The molecule has 0 aromatic heterocycles. The SMILES string of the molecule is O=C(Nc1ccc(F)cc1)c1ccc(CNC(=O)C2CO2)cc1. The Hall–Kier alpha value is -2.73. The Labute approximate surface area is 132 Å². The van der Waals surface area contributed by atoms with E-state index in [-0.39, 0.29) is 23.7 Å². The third-order valence-corrected chi connectivity index (χ3v) is 3.41. The van der Waals surface area contributed by atoms with E-state index in [0.29, 0.717) is 24.4 Å². The van der Waals surface area contributed by atoms with Crippen LogP contribution in [0.1, 0.15) is 15.9 Å². The molecule has 118 valence electrons. The number of halogens is 1. The number of rotatable bonds is 5. The molecule has 2 aromatic carbocycles. The zero-order chi connectivity index (χ0) is 16.2. The summed E-state index contributed by atoms with van der Waals surface area (Å²) in [5.74, 6) is -0.757. The average Bonchev–Trinajstić information content (AvgIpc) is 3.40. The van der Waals surface area contributed by atoms with Gasteiger partial charge < -0.3 is 15.4 Å². The van der Waals surface area contributed by atoms with Crippen LogP contribution in [-0.4, -0.2) is 24.5 Å². The third kappa shape index (κ3) is 4.14. The Morgan fingerprint density at radius 3 is 2.35 bits per heavy atom. The average molecular weight is 314 g/mol. The van der Waals surface area contributed by atoms with Crippen molar-refractivity contribution in [3.05, 3.63) is 65.5 Å². The highest BCUT2D eigenvalue weighted by molar-refractivity contribution is 6.04. The molecule has 0 bridgehead atoms. The summed E-state index contributed by atoms with van der Waals surface area (Å²) in [6.45, 7) is 0.868. The zero-order valence-corrected chi connectivity index (χ0v) is 12.2. The fraction of sp³-hybridized carbons (Fsp3) is 0.176. The number of benzene rings is 2. The van der Waals surface area contributed by atoms with Gasteiger partial charge in [-0.1, -0.05) is 12.1 Å². The highest BCUT2D eigenvalue weighted by Crippen LogP contribution is 2.12. The van der Waals surface area contributed by atoms with Gasteiger partial charge in [0.25, 0.3) is 11.8 Å². The summed E-state index contributed by atoms with van der Waals surface area (Å²) in [6, 6.07) is 12.5. The molecule has 2 aromatic rings. The van der Waals surface area contributed by atoms with E-state index >= 15 is 0 Å². The van der Waals surface area contributed by atoms with Gasteiger partial charge >= 0.3 is 0 Å². The number of hydrogen-bond acceptors (Lipinski definition) is 3. The fourth-order valence-electron chi connectivity index (χ4n) is 2.01. The maximum Gasteiger partial charge on any atom is 0.255 e. The summed E-state index contributed by atoms with van der Waals surface area (Å²) < 4.78 is 17.7. The molecule has 1 atom stereocenters. The molecule has 0 spiro atoms. The van der Waals surface area contributed by atoms with Crippen molar-refractivity contribution in [3.63, 3.8) is 0 Å². The Morgan fingerprint density at radius 1 is 1.09 bits per heavy atom. The Kier molecular flexibility index (Phi) is 4.34. The Balaban J connectivity index is 1.56. The number of amides is 2. The molecule has 1 unspecified atom stereocenters. The molecule has 5 nitrogen and oxygen atoms in total. The van der Waals surface area contributed by atoms with Crippen LogP contribution >= 0.6 is 0 Å². The lowest BCUT2D eigenvalue weighted by Crippen LogP contribution is -2.27. The molecule has 1 aliphatic heterocycles. The van der Waals surface area contributed by atoms with Crippen LogP contribution in [0.25, 0.3) is 0 Å². The smallest absolute Gasteiger partial charge is 0.255 e. The summed E-state index contributed by atoms with van der Waals surface area (Å²) >= 11 is 0. The first-order valence-corrected chi connectivity index (χ1v) is 7.17. The van der Waals surface area contributed by atoms with E-state index in [1.54, 1.807) is 24.3 Å². The molecular weight excluding hydrogens is 299 g/mol. The number of nitrogens with one attached hydrogen (secondary N) is 2. The van der Waals surface area contributed by atoms with Gasteiger partial charge in [-0.3, -0.25) is 9.59 Å². The van der Waals surface area contributed by atoms with E-state index in [1.807, 2.05) is 0 Å². The third-order valence-electron chi connectivity index (χ3n) is 3.41. The lowest BCUT2D eigenvalue weighted by atomic mass is 10.1. The van der Waals surface area contributed by atoms with Crippen LogP contribution in [0.3, 0.4) is 0 Å². The molecule has 1 aliphatic rings. The van der Waals surface area contributed by atoms with Gasteiger partial charge in [0.05, 0.1) is 6.61 Å². The number of epoxide rings is 1. The van der Waals surface area contributed by atoms with Crippen molar-refractivity contribution < 1.29 is 18.7 Å². The van der Waals surface area contributed by atoms with Crippen molar-refractivity contribution in [2.24, 2.45) is 0 Å². The van der Waals surface area contributed by atoms with Crippen LogP contribution < -0.4 is 10.6 Å². The topological polar surface area (TPSA) is 70.7 Å². The maximum atomic E-state index is 12.8. The molecule has 6 heteroatoms. The van der Waals surface area contributed by atoms with E-state index in [2.05, 4.69) is 10.6 Å². The van der Waals surface area contributed by atoms with Crippen LogP contribution in [0.15, 0.2) is 48.5 Å². The number of anilines is 1. The Morgan fingerprint density at radius 2 is 1.74 bits per heavy atom. The number of hydrogen-bond donors (Lipinski definition) is 2. The normalized spacial score (nSPS) is 15.8. The highest BCUT2D eigenvalue weighted by atomic mass is 19.1. The summed E-state index contributed by atoms with van der Waals surface area (Å²) in [6.07, 6.45) is -0.309. The summed E-state index contributed by atoms with van der Waals surface area (Å²) in [5, 5.41) is 5.44. The molecule has 1 saturated heterocycles. The van der Waals surface area contributed by atoms with Gasteiger partial charge in [-0.25, -0.2) is 4.39 Å². The van der Waals surface area contributed by atoms with E-state index < -0.39 is 0 Å². The minimum Gasteiger partial charge on any atom is -0.363 e. The standard InChI is InChI=1S/C17H15FN2O3/c18-13-5-7-14(8-6-13)20-16(21)12-3-1-11(2-4-12)9-19-17(22)15-10-23-15/h1-8,15H,9-10H2,(H,19,22)(H,20,21). The predicted molar refractivity (Wildman–Crippen MR) is 82.4 cm³/mol. The first kappa shape index (κ1) is 15.2. The van der Waals surface area contributed by atoms with Gasteiger partial charge in [-0.2, -0.15) is 0 Å². The van der Waals surface area contributed by atoms with Crippen molar-refractivity contribution in [2.45, 2.75) is 12.6 Å². The zero-order valence-electron chi connectivity index (χ0n) is 12.2. The van der Waals surface area contributed by atoms with Crippen molar-refractivity contribution in [3.8, 4) is 0 Å². The number of ether oxygens (including phenoxy) is 1. The lowest BCUT2D eigenvalue weighted by Gasteiger charge is -2.07. The molecule has 0 saturated carbocycles. The predicted octanol–water partition coefficient (Wildman–Crippen LogP) is 2.09. The minimum atomic E-state index is -0.356. The van der Waals surface area contributed by atoms with E-state index in [4.69, 9.17) is 4.74 Å². The first-order valence-electron chi connectivity index (χ1n) is 7.17. The largest absolute Gasteiger partial charge is 0.363 e. The molecule has 3 rings (SSSR count). The van der Waals surface area contributed by atoms with Gasteiger partial charge in [0, 0.05) is 17.8 Å². The molecule has 0 radical (unpaired) electrons. The first-order chi connectivity index (χ1) is 11.1. The van der Waals surface area contributed by atoms with Gasteiger partial charge in [0.2, 0.25) is 0 Å². The van der Waals surface area contributed by atoms with Gasteiger partial charge in [-0.05, 0) is 42.0 Å². The number of carbonyl (C=O) groups excluding carboxylic acids is 2. The van der Waals surface area contributed by atoms with Crippen LogP contribution in [0, 0.1) is 5.82 Å². The molecule has 1 fully saturated rings. The second-order valence-corrected chi connectivity index (χ2v) is 5.20. The summed E-state index contributed by atoms with van der Waals surface area (Å²) in [4.78, 5) is 23.5. The van der Waals surface area contributed by atoms with Crippen LogP contribution in [0.4, 0.5) is 10.1 Å². The van der Waals surface area contributed by atoms with Crippen LogP contribution in [0.2, 0.25) is 0 Å². The number of carbonyl (C=O) groups is 2. The fourth-order valence-corrected chi connectivity index (χ4v) is 2.01. The maximum absolute atomic E-state index is 12.8. The molecule has 2 amide bonds. The second kappa shape index (κ2) is 6.58. The second-order valence-electron chi connectivity index (χ2n) is 5.20. The summed E-state index contributed by atoms with van der Waals surface area (Å²) in [5.41, 5.74) is 1.89.